The predicted molar refractivity (Wildman–Crippen MR) is 93.3 cm³/mol. The molecule has 2 aromatic rings. The Kier molecular flexibility index (Phi) is 5.49. The van der Waals surface area contributed by atoms with Crippen molar-refractivity contribution in [3.8, 4) is 11.5 Å². The number of aliphatic hydroxyl groups is 1. The van der Waals surface area contributed by atoms with E-state index in [1.165, 1.54) is 0 Å². The van der Waals surface area contributed by atoms with Crippen LogP contribution in [0.5, 0.6) is 11.5 Å². The third kappa shape index (κ3) is 4.36. The van der Waals surface area contributed by atoms with Crippen molar-refractivity contribution in [2.24, 2.45) is 5.92 Å². The highest BCUT2D eigenvalue weighted by Gasteiger charge is 2.21. The number of hydrogen-bond donors (Lipinski definition) is 2. The number of benzene rings is 2. The highest BCUT2D eigenvalue weighted by Crippen LogP contribution is 2.26. The van der Waals surface area contributed by atoms with Gasteiger partial charge >= 0.3 is 0 Å². The van der Waals surface area contributed by atoms with Gasteiger partial charge in [-0.3, -0.25) is 4.79 Å². The Labute approximate surface area is 142 Å². The maximum Gasteiger partial charge on any atom is 0.255 e. The molecular formula is C20H23NO3. The summed E-state index contributed by atoms with van der Waals surface area (Å²) in [6.45, 7) is 0.593. The fourth-order valence-corrected chi connectivity index (χ4v) is 3.14. The maximum absolute atomic E-state index is 12.5. The van der Waals surface area contributed by atoms with Crippen LogP contribution in [0.3, 0.4) is 0 Å². The van der Waals surface area contributed by atoms with Crippen LogP contribution in [0.1, 0.15) is 36.0 Å². The molecule has 1 aliphatic rings. The molecule has 1 aliphatic carbocycles. The van der Waals surface area contributed by atoms with Crippen molar-refractivity contribution in [2.75, 3.05) is 6.54 Å². The van der Waals surface area contributed by atoms with E-state index in [4.69, 9.17) is 4.74 Å². The van der Waals surface area contributed by atoms with E-state index in [-0.39, 0.29) is 12.0 Å². The average molecular weight is 325 g/mol. The average Bonchev–Trinajstić information content (AvgIpc) is 2.61. The minimum atomic E-state index is -0.227. The zero-order chi connectivity index (χ0) is 16.8. The Morgan fingerprint density at radius 2 is 1.83 bits per heavy atom. The molecule has 126 valence electrons. The molecule has 2 aromatic carbocycles. The molecule has 1 amide bonds. The lowest BCUT2D eigenvalue weighted by Gasteiger charge is -2.26. The van der Waals surface area contributed by atoms with Crippen molar-refractivity contribution in [3.63, 3.8) is 0 Å². The standard InChI is InChI=1S/C20H23NO3/c22-16-8-6-7-15(13-16)14-21-20(23)18-11-4-5-12-19(18)24-17-9-2-1-3-10-17/h1-5,9-12,15-16,22H,6-8,13-14H2,(H,21,23). The molecule has 2 unspecified atom stereocenters. The Hall–Kier alpha value is -2.33. The molecule has 3 rings (SSSR count). The van der Waals surface area contributed by atoms with Crippen LogP contribution in [0.4, 0.5) is 0 Å². The SMILES string of the molecule is O=C(NCC1CCCC(O)C1)c1ccccc1Oc1ccccc1. The monoisotopic (exact) mass is 325 g/mol. The van der Waals surface area contributed by atoms with Gasteiger partial charge in [-0.2, -0.15) is 0 Å². The highest BCUT2D eigenvalue weighted by atomic mass is 16.5. The normalized spacial score (nSPS) is 20.4. The number of ether oxygens (including phenoxy) is 1. The van der Waals surface area contributed by atoms with Gasteiger partial charge in [0.05, 0.1) is 11.7 Å². The fraction of sp³-hybridized carbons (Fsp3) is 0.350. The molecule has 0 spiro atoms. The number of carbonyl (C=O) groups is 1. The molecule has 4 heteroatoms. The first kappa shape index (κ1) is 16.5. The molecule has 2 atom stereocenters. The second kappa shape index (κ2) is 7.97. The molecule has 0 aliphatic heterocycles. The van der Waals surface area contributed by atoms with Gasteiger partial charge in [0.15, 0.2) is 0 Å². The quantitative estimate of drug-likeness (QED) is 0.880. The molecule has 2 N–H and O–H groups in total. The predicted octanol–water partition coefficient (Wildman–Crippen LogP) is 3.76. The van der Waals surface area contributed by atoms with Crippen LogP contribution in [0.15, 0.2) is 54.6 Å². The van der Waals surface area contributed by atoms with Crippen molar-refractivity contribution >= 4 is 5.91 Å². The summed E-state index contributed by atoms with van der Waals surface area (Å²) in [4.78, 5) is 12.5. The molecule has 0 aromatic heterocycles. The molecule has 0 radical (unpaired) electrons. The van der Waals surface area contributed by atoms with Crippen molar-refractivity contribution < 1.29 is 14.6 Å². The lowest BCUT2D eigenvalue weighted by Crippen LogP contribution is -2.33. The minimum Gasteiger partial charge on any atom is -0.457 e. The van der Waals surface area contributed by atoms with E-state index in [2.05, 4.69) is 5.32 Å². The van der Waals surface area contributed by atoms with Gasteiger partial charge in [-0.05, 0) is 49.4 Å². The Morgan fingerprint density at radius 1 is 1.08 bits per heavy atom. The van der Waals surface area contributed by atoms with E-state index < -0.39 is 0 Å². The van der Waals surface area contributed by atoms with E-state index in [1.807, 2.05) is 42.5 Å². The topological polar surface area (TPSA) is 58.6 Å². The van der Waals surface area contributed by atoms with E-state index in [0.717, 1.165) is 25.7 Å². The van der Waals surface area contributed by atoms with Crippen LogP contribution >= 0.6 is 0 Å². The summed E-state index contributed by atoms with van der Waals surface area (Å²) in [7, 11) is 0. The lowest BCUT2D eigenvalue weighted by molar-refractivity contribution is 0.0872. The van der Waals surface area contributed by atoms with Crippen molar-refractivity contribution in [2.45, 2.75) is 31.8 Å². The Morgan fingerprint density at radius 3 is 2.62 bits per heavy atom. The summed E-state index contributed by atoms with van der Waals surface area (Å²) in [6.07, 6.45) is 3.49. The van der Waals surface area contributed by atoms with Gasteiger partial charge < -0.3 is 15.2 Å². The molecule has 0 saturated heterocycles. The van der Waals surface area contributed by atoms with Crippen LogP contribution in [-0.4, -0.2) is 23.7 Å². The van der Waals surface area contributed by atoms with Gasteiger partial charge in [0.25, 0.3) is 5.91 Å². The maximum atomic E-state index is 12.5. The number of hydrogen-bond acceptors (Lipinski definition) is 3. The number of carbonyl (C=O) groups excluding carboxylic acids is 1. The van der Waals surface area contributed by atoms with E-state index >= 15 is 0 Å². The minimum absolute atomic E-state index is 0.137. The summed E-state index contributed by atoms with van der Waals surface area (Å²) in [5.41, 5.74) is 0.526. The molecule has 0 heterocycles. The van der Waals surface area contributed by atoms with Crippen molar-refractivity contribution in [3.05, 3.63) is 60.2 Å². The summed E-state index contributed by atoms with van der Waals surface area (Å²) in [6, 6.07) is 16.7. The summed E-state index contributed by atoms with van der Waals surface area (Å²) in [5, 5.41) is 12.7. The van der Waals surface area contributed by atoms with Gasteiger partial charge in [-0.1, -0.05) is 36.8 Å². The van der Waals surface area contributed by atoms with Crippen LogP contribution in [0.25, 0.3) is 0 Å². The number of amides is 1. The number of aliphatic hydroxyl groups excluding tert-OH is 1. The number of nitrogens with one attached hydrogen (secondary N) is 1. The zero-order valence-electron chi connectivity index (χ0n) is 13.7. The molecular weight excluding hydrogens is 302 g/mol. The van der Waals surface area contributed by atoms with Crippen molar-refractivity contribution in [1.82, 2.24) is 5.32 Å². The van der Waals surface area contributed by atoms with Crippen LogP contribution in [0, 0.1) is 5.92 Å². The number of rotatable bonds is 5. The Balaban J connectivity index is 1.64. The second-order valence-electron chi connectivity index (χ2n) is 6.31. The van der Waals surface area contributed by atoms with E-state index in [9.17, 15) is 9.90 Å². The van der Waals surface area contributed by atoms with Gasteiger partial charge in [-0.25, -0.2) is 0 Å². The summed E-state index contributed by atoms with van der Waals surface area (Å²) in [5.74, 6) is 1.46. The van der Waals surface area contributed by atoms with Crippen molar-refractivity contribution in [1.29, 1.82) is 0 Å². The molecule has 4 nitrogen and oxygen atoms in total. The van der Waals surface area contributed by atoms with Gasteiger partial charge in [0.2, 0.25) is 0 Å². The van der Waals surface area contributed by atoms with E-state index in [1.54, 1.807) is 12.1 Å². The molecule has 0 bridgehead atoms. The third-order valence-electron chi connectivity index (χ3n) is 4.41. The van der Waals surface area contributed by atoms with Crippen LogP contribution in [0.2, 0.25) is 0 Å². The zero-order valence-corrected chi connectivity index (χ0v) is 13.7. The first-order valence-corrected chi connectivity index (χ1v) is 8.50. The van der Waals surface area contributed by atoms with Gasteiger partial charge in [-0.15, -0.1) is 0 Å². The lowest BCUT2D eigenvalue weighted by atomic mass is 9.87. The molecule has 1 saturated carbocycles. The molecule has 24 heavy (non-hydrogen) atoms. The first-order valence-electron chi connectivity index (χ1n) is 8.50. The van der Waals surface area contributed by atoms with E-state index in [0.29, 0.717) is 29.5 Å². The van der Waals surface area contributed by atoms with Crippen LogP contribution in [-0.2, 0) is 0 Å². The summed E-state index contributed by atoms with van der Waals surface area (Å²) >= 11 is 0. The van der Waals surface area contributed by atoms with Gasteiger partial charge in [0.1, 0.15) is 11.5 Å². The number of para-hydroxylation sites is 2. The molecule has 1 fully saturated rings. The smallest absolute Gasteiger partial charge is 0.255 e. The largest absolute Gasteiger partial charge is 0.457 e. The van der Waals surface area contributed by atoms with Gasteiger partial charge in [0, 0.05) is 6.54 Å². The first-order chi connectivity index (χ1) is 11.7. The fourth-order valence-electron chi connectivity index (χ4n) is 3.14. The highest BCUT2D eigenvalue weighted by molar-refractivity contribution is 5.97. The third-order valence-corrected chi connectivity index (χ3v) is 4.41. The van der Waals surface area contributed by atoms with Crippen LogP contribution < -0.4 is 10.1 Å². The Bertz CT molecular complexity index is 672. The summed E-state index contributed by atoms with van der Waals surface area (Å²) < 4.78 is 5.84. The second-order valence-corrected chi connectivity index (χ2v) is 6.31.